The molecule has 2 fully saturated rings. The van der Waals surface area contributed by atoms with Gasteiger partial charge in [0.25, 0.3) is 0 Å². The highest BCUT2D eigenvalue weighted by Gasteiger charge is 2.35. The first-order valence-electron chi connectivity index (χ1n) is 7.20. The molecule has 3 rings (SSSR count). The van der Waals surface area contributed by atoms with Gasteiger partial charge in [-0.05, 0) is 39.7 Å². The van der Waals surface area contributed by atoms with Crippen molar-refractivity contribution in [3.63, 3.8) is 0 Å². The number of H-pyrrole nitrogens is 1. The minimum Gasteiger partial charge on any atom is -0.367 e. The van der Waals surface area contributed by atoms with Gasteiger partial charge >= 0.3 is 0 Å². The fourth-order valence-corrected chi connectivity index (χ4v) is 2.96. The quantitative estimate of drug-likeness (QED) is 0.854. The van der Waals surface area contributed by atoms with Crippen LogP contribution < -0.4 is 10.2 Å². The normalized spacial score (nSPS) is 29.1. The predicted octanol–water partition coefficient (Wildman–Crippen LogP) is 1.02. The summed E-state index contributed by atoms with van der Waals surface area (Å²) in [6, 6.07) is 0.630. The maximum absolute atomic E-state index is 5.80. The zero-order valence-electron chi connectivity index (χ0n) is 11.8. The lowest BCUT2D eigenvalue weighted by atomic mass is 10.0. The summed E-state index contributed by atoms with van der Waals surface area (Å²) in [5.74, 6) is 1.69. The second-order valence-electron chi connectivity index (χ2n) is 5.72. The molecular weight excluding hydrogens is 242 g/mol. The van der Waals surface area contributed by atoms with Crippen LogP contribution in [0.15, 0.2) is 0 Å². The molecule has 2 aliphatic rings. The molecule has 1 atom stereocenters. The van der Waals surface area contributed by atoms with Crippen molar-refractivity contribution < 1.29 is 4.74 Å². The van der Waals surface area contributed by atoms with E-state index in [-0.39, 0.29) is 5.60 Å². The Morgan fingerprint density at radius 1 is 1.42 bits per heavy atom. The minimum atomic E-state index is -0.269. The Hall–Kier alpha value is -1.14. The van der Waals surface area contributed by atoms with E-state index in [1.807, 2.05) is 7.05 Å². The third-order valence-corrected chi connectivity index (χ3v) is 4.38. The Balaban J connectivity index is 1.68. The van der Waals surface area contributed by atoms with E-state index in [1.54, 1.807) is 0 Å². The summed E-state index contributed by atoms with van der Waals surface area (Å²) in [6.07, 6.45) is 4.41. The fourth-order valence-electron chi connectivity index (χ4n) is 2.96. The molecule has 1 aromatic heterocycles. The zero-order chi connectivity index (χ0) is 13.3. The summed E-state index contributed by atoms with van der Waals surface area (Å²) in [5, 5.41) is 10.8. The van der Waals surface area contributed by atoms with Crippen LogP contribution in [0, 0.1) is 0 Å². The summed E-state index contributed by atoms with van der Waals surface area (Å²) in [6.45, 7) is 4.94. The average Bonchev–Trinajstić information content (AvgIpc) is 3.08. The monoisotopic (exact) mass is 265 g/mol. The number of hydrogen-bond donors (Lipinski definition) is 2. The van der Waals surface area contributed by atoms with Crippen LogP contribution in [0.2, 0.25) is 0 Å². The lowest BCUT2D eigenvalue weighted by Gasteiger charge is -2.30. The molecule has 0 saturated carbocycles. The molecule has 19 heavy (non-hydrogen) atoms. The maximum Gasteiger partial charge on any atom is 0.244 e. The van der Waals surface area contributed by atoms with E-state index in [0.717, 1.165) is 57.2 Å². The van der Waals surface area contributed by atoms with Crippen molar-refractivity contribution >= 4 is 5.95 Å². The summed E-state index contributed by atoms with van der Waals surface area (Å²) < 4.78 is 5.80. The van der Waals surface area contributed by atoms with E-state index < -0.39 is 0 Å². The van der Waals surface area contributed by atoms with Gasteiger partial charge in [-0.15, -0.1) is 5.10 Å². The van der Waals surface area contributed by atoms with Gasteiger partial charge in [-0.3, -0.25) is 5.10 Å². The Morgan fingerprint density at radius 3 is 2.84 bits per heavy atom. The molecule has 0 radical (unpaired) electrons. The van der Waals surface area contributed by atoms with E-state index in [2.05, 4.69) is 32.3 Å². The largest absolute Gasteiger partial charge is 0.367 e. The van der Waals surface area contributed by atoms with Gasteiger partial charge in [0.1, 0.15) is 5.60 Å². The number of anilines is 1. The van der Waals surface area contributed by atoms with E-state index in [1.165, 1.54) is 0 Å². The molecule has 0 bridgehead atoms. The number of nitrogens with one attached hydrogen (secondary N) is 2. The van der Waals surface area contributed by atoms with Crippen LogP contribution in [0.4, 0.5) is 5.95 Å². The topological polar surface area (TPSA) is 66.1 Å². The Bertz CT molecular complexity index is 418. The molecule has 6 nitrogen and oxygen atoms in total. The molecule has 0 amide bonds. The minimum absolute atomic E-state index is 0.269. The van der Waals surface area contributed by atoms with Crippen LogP contribution in [0.3, 0.4) is 0 Å². The molecule has 0 aromatic carbocycles. The third kappa shape index (κ3) is 2.47. The van der Waals surface area contributed by atoms with E-state index in [0.29, 0.717) is 6.04 Å². The number of ether oxygens (including phenoxy) is 1. The summed E-state index contributed by atoms with van der Waals surface area (Å²) >= 11 is 0. The van der Waals surface area contributed by atoms with Gasteiger partial charge in [0.15, 0.2) is 5.82 Å². The van der Waals surface area contributed by atoms with E-state index in [9.17, 15) is 0 Å². The first kappa shape index (κ1) is 12.9. The van der Waals surface area contributed by atoms with Crippen molar-refractivity contribution in [2.75, 3.05) is 31.6 Å². The number of aromatic amines is 1. The van der Waals surface area contributed by atoms with Gasteiger partial charge in [-0.25, -0.2) is 0 Å². The van der Waals surface area contributed by atoms with Crippen molar-refractivity contribution in [3.8, 4) is 0 Å². The second-order valence-corrected chi connectivity index (χ2v) is 5.72. The van der Waals surface area contributed by atoms with Gasteiger partial charge in [-0.2, -0.15) is 4.98 Å². The molecule has 2 aliphatic heterocycles. The summed E-state index contributed by atoms with van der Waals surface area (Å²) in [7, 11) is 2.03. The first-order valence-corrected chi connectivity index (χ1v) is 7.20. The lowest BCUT2D eigenvalue weighted by molar-refractivity contribution is 0.00966. The molecule has 0 spiro atoms. The number of rotatable bonds is 3. The molecule has 106 valence electrons. The van der Waals surface area contributed by atoms with Crippen molar-refractivity contribution in [2.24, 2.45) is 0 Å². The molecular formula is C13H23N5O. The molecule has 1 unspecified atom stereocenters. The number of nitrogens with zero attached hydrogens (tertiary/aromatic N) is 3. The van der Waals surface area contributed by atoms with Gasteiger partial charge in [0, 0.05) is 25.7 Å². The maximum atomic E-state index is 5.80. The molecule has 2 saturated heterocycles. The molecule has 1 aromatic rings. The second kappa shape index (κ2) is 5.09. The van der Waals surface area contributed by atoms with Gasteiger partial charge < -0.3 is 15.0 Å². The summed E-state index contributed by atoms with van der Waals surface area (Å²) in [5.41, 5.74) is -0.269. The third-order valence-electron chi connectivity index (χ3n) is 4.38. The predicted molar refractivity (Wildman–Crippen MR) is 73.2 cm³/mol. The summed E-state index contributed by atoms with van der Waals surface area (Å²) in [4.78, 5) is 6.91. The van der Waals surface area contributed by atoms with Crippen molar-refractivity contribution in [1.29, 1.82) is 0 Å². The Labute approximate surface area is 113 Å². The number of piperidine rings is 1. The Morgan fingerprint density at radius 2 is 2.21 bits per heavy atom. The molecule has 6 heteroatoms. The average molecular weight is 265 g/mol. The first-order chi connectivity index (χ1) is 9.21. The SMILES string of the molecule is CNC1CCN(c2n[nH]c(C3(C)CCCO3)n2)CC1. The lowest BCUT2D eigenvalue weighted by Crippen LogP contribution is -2.41. The van der Waals surface area contributed by atoms with Crippen LogP contribution in [-0.2, 0) is 10.3 Å². The van der Waals surface area contributed by atoms with Crippen LogP contribution in [0.1, 0.15) is 38.4 Å². The fraction of sp³-hybridized carbons (Fsp3) is 0.846. The van der Waals surface area contributed by atoms with Crippen LogP contribution in [0.25, 0.3) is 0 Å². The number of aromatic nitrogens is 3. The standard InChI is InChI=1S/C13H23N5O/c1-13(6-3-9-19-13)11-15-12(17-16-11)18-7-4-10(14-2)5-8-18/h10,14H,3-9H2,1-2H3,(H,15,16,17). The highest BCUT2D eigenvalue weighted by atomic mass is 16.5. The highest BCUT2D eigenvalue weighted by molar-refractivity contribution is 5.30. The van der Waals surface area contributed by atoms with Gasteiger partial charge in [0.2, 0.25) is 5.95 Å². The zero-order valence-corrected chi connectivity index (χ0v) is 11.8. The van der Waals surface area contributed by atoms with E-state index in [4.69, 9.17) is 4.74 Å². The smallest absolute Gasteiger partial charge is 0.244 e. The molecule has 2 N–H and O–H groups in total. The van der Waals surface area contributed by atoms with E-state index >= 15 is 0 Å². The van der Waals surface area contributed by atoms with Crippen LogP contribution >= 0.6 is 0 Å². The molecule has 0 aliphatic carbocycles. The van der Waals surface area contributed by atoms with Gasteiger partial charge in [-0.1, -0.05) is 0 Å². The van der Waals surface area contributed by atoms with Crippen molar-refractivity contribution in [3.05, 3.63) is 5.82 Å². The van der Waals surface area contributed by atoms with Crippen LogP contribution in [0.5, 0.6) is 0 Å². The Kier molecular flexibility index (Phi) is 3.45. The van der Waals surface area contributed by atoms with Gasteiger partial charge in [0.05, 0.1) is 0 Å². The number of hydrogen-bond acceptors (Lipinski definition) is 5. The van der Waals surface area contributed by atoms with Crippen molar-refractivity contribution in [1.82, 2.24) is 20.5 Å². The molecule has 3 heterocycles. The highest BCUT2D eigenvalue weighted by Crippen LogP contribution is 2.34. The van der Waals surface area contributed by atoms with Crippen LogP contribution in [-0.4, -0.2) is 48.0 Å². The van der Waals surface area contributed by atoms with Crippen molar-refractivity contribution in [2.45, 2.75) is 44.2 Å².